The first-order valence-electron chi connectivity index (χ1n) is 6.93. The Morgan fingerprint density at radius 3 is 2.55 bits per heavy atom. The molecule has 6 heteroatoms. The Kier molecular flexibility index (Phi) is 5.07. The molecule has 20 heavy (non-hydrogen) atoms. The van der Waals surface area contributed by atoms with E-state index in [1.165, 1.54) is 10.7 Å². The minimum Gasteiger partial charge on any atom is -0.326 e. The van der Waals surface area contributed by atoms with Gasteiger partial charge in [0.2, 0.25) is 10.0 Å². The summed E-state index contributed by atoms with van der Waals surface area (Å²) in [5.74, 6) is 0. The van der Waals surface area contributed by atoms with E-state index in [1.54, 1.807) is 25.2 Å². The molecule has 1 aromatic rings. The lowest BCUT2D eigenvalue weighted by Crippen LogP contribution is -2.38. The van der Waals surface area contributed by atoms with Crippen molar-refractivity contribution in [3.63, 3.8) is 0 Å². The van der Waals surface area contributed by atoms with Crippen LogP contribution < -0.4 is 5.73 Å². The van der Waals surface area contributed by atoms with E-state index in [4.69, 9.17) is 17.3 Å². The van der Waals surface area contributed by atoms with Crippen LogP contribution in [-0.2, 0) is 16.6 Å². The van der Waals surface area contributed by atoms with E-state index in [0.717, 1.165) is 31.2 Å². The highest BCUT2D eigenvalue weighted by molar-refractivity contribution is 7.89. The largest absolute Gasteiger partial charge is 0.326 e. The smallest absolute Gasteiger partial charge is 0.244 e. The predicted octanol–water partition coefficient (Wildman–Crippen LogP) is 2.75. The van der Waals surface area contributed by atoms with Crippen LogP contribution >= 0.6 is 11.6 Å². The summed E-state index contributed by atoms with van der Waals surface area (Å²) in [6.45, 7) is 0.298. The summed E-state index contributed by atoms with van der Waals surface area (Å²) in [5, 5.41) is 0.254. The fourth-order valence-corrected chi connectivity index (χ4v) is 4.61. The summed E-state index contributed by atoms with van der Waals surface area (Å²) in [4.78, 5) is 0.162. The van der Waals surface area contributed by atoms with Crippen molar-refractivity contribution in [2.24, 2.45) is 5.73 Å². The second-order valence-corrected chi connectivity index (χ2v) is 7.66. The maximum Gasteiger partial charge on any atom is 0.244 e. The summed E-state index contributed by atoms with van der Waals surface area (Å²) >= 11 is 6.07. The lowest BCUT2D eigenvalue weighted by Gasteiger charge is -2.30. The topological polar surface area (TPSA) is 63.4 Å². The Bertz CT molecular complexity index is 569. The number of halogens is 1. The van der Waals surface area contributed by atoms with E-state index in [-0.39, 0.29) is 16.0 Å². The molecule has 4 nitrogen and oxygen atoms in total. The fourth-order valence-electron chi connectivity index (χ4n) is 2.67. The van der Waals surface area contributed by atoms with Gasteiger partial charge in [-0.2, -0.15) is 4.31 Å². The third kappa shape index (κ3) is 3.17. The zero-order valence-electron chi connectivity index (χ0n) is 11.7. The van der Waals surface area contributed by atoms with Gasteiger partial charge in [0.1, 0.15) is 4.90 Å². The van der Waals surface area contributed by atoms with Gasteiger partial charge < -0.3 is 5.73 Å². The molecule has 0 saturated heterocycles. The van der Waals surface area contributed by atoms with Crippen molar-refractivity contribution in [3.05, 3.63) is 28.8 Å². The van der Waals surface area contributed by atoms with Crippen molar-refractivity contribution >= 4 is 21.6 Å². The zero-order valence-corrected chi connectivity index (χ0v) is 13.3. The molecule has 112 valence electrons. The molecule has 2 N–H and O–H groups in total. The average Bonchev–Trinajstić information content (AvgIpc) is 2.47. The first-order valence-corrected chi connectivity index (χ1v) is 8.75. The monoisotopic (exact) mass is 316 g/mol. The molecule has 0 spiro atoms. The molecule has 1 aromatic carbocycles. The minimum atomic E-state index is -3.56. The fraction of sp³-hybridized carbons (Fsp3) is 0.571. The molecular formula is C14H21ClN2O2S. The van der Waals surface area contributed by atoms with E-state index in [1.807, 2.05) is 0 Å². The molecule has 0 atom stereocenters. The van der Waals surface area contributed by atoms with Gasteiger partial charge in [-0.05, 0) is 30.5 Å². The molecule has 0 amide bonds. The second kappa shape index (κ2) is 6.43. The van der Waals surface area contributed by atoms with Crippen LogP contribution in [0.3, 0.4) is 0 Å². The van der Waals surface area contributed by atoms with E-state index in [0.29, 0.717) is 6.54 Å². The highest BCUT2D eigenvalue weighted by Gasteiger charge is 2.30. The minimum absolute atomic E-state index is 0.0753. The van der Waals surface area contributed by atoms with Gasteiger partial charge in [0.15, 0.2) is 0 Å². The van der Waals surface area contributed by atoms with Crippen molar-refractivity contribution in [1.29, 1.82) is 0 Å². The number of sulfonamides is 1. The van der Waals surface area contributed by atoms with Crippen LogP contribution in [0.15, 0.2) is 23.1 Å². The lowest BCUT2D eigenvalue weighted by atomic mass is 9.96. The maximum atomic E-state index is 12.7. The van der Waals surface area contributed by atoms with E-state index in [9.17, 15) is 8.42 Å². The number of benzene rings is 1. The molecule has 0 aliphatic heterocycles. The van der Waals surface area contributed by atoms with Crippen molar-refractivity contribution in [3.8, 4) is 0 Å². The number of nitrogens with zero attached hydrogens (tertiary/aromatic N) is 1. The molecule has 1 aliphatic carbocycles. The van der Waals surface area contributed by atoms with Crippen molar-refractivity contribution in [2.75, 3.05) is 7.05 Å². The molecule has 0 unspecified atom stereocenters. The second-order valence-electron chi connectivity index (χ2n) is 5.28. The molecule has 0 bridgehead atoms. The van der Waals surface area contributed by atoms with Crippen LogP contribution in [0.5, 0.6) is 0 Å². The third-order valence-electron chi connectivity index (χ3n) is 3.98. The van der Waals surface area contributed by atoms with Crippen LogP contribution in [0.2, 0.25) is 5.02 Å². The quantitative estimate of drug-likeness (QED) is 0.929. The summed E-state index contributed by atoms with van der Waals surface area (Å²) in [6, 6.07) is 5.01. The van der Waals surface area contributed by atoms with Gasteiger partial charge in [-0.3, -0.25) is 0 Å². The first-order chi connectivity index (χ1) is 9.46. The predicted molar refractivity (Wildman–Crippen MR) is 81.2 cm³/mol. The van der Waals surface area contributed by atoms with Gasteiger partial charge in [-0.1, -0.05) is 36.9 Å². The summed E-state index contributed by atoms with van der Waals surface area (Å²) in [7, 11) is -1.91. The van der Waals surface area contributed by atoms with Gasteiger partial charge >= 0.3 is 0 Å². The first kappa shape index (κ1) is 15.8. The zero-order chi connectivity index (χ0) is 14.8. The molecule has 0 aromatic heterocycles. The van der Waals surface area contributed by atoms with Gasteiger partial charge in [-0.25, -0.2) is 8.42 Å². The molecule has 0 heterocycles. The highest BCUT2D eigenvalue weighted by atomic mass is 35.5. The van der Waals surface area contributed by atoms with Crippen molar-refractivity contribution in [1.82, 2.24) is 4.31 Å². The van der Waals surface area contributed by atoms with E-state index >= 15 is 0 Å². The molecular weight excluding hydrogens is 296 g/mol. The van der Waals surface area contributed by atoms with Gasteiger partial charge in [0, 0.05) is 19.6 Å². The molecule has 0 radical (unpaired) electrons. The molecule has 2 rings (SSSR count). The van der Waals surface area contributed by atoms with Crippen molar-refractivity contribution in [2.45, 2.75) is 49.6 Å². The van der Waals surface area contributed by atoms with Crippen LogP contribution in [0.4, 0.5) is 0 Å². The normalized spacial score (nSPS) is 17.6. The maximum absolute atomic E-state index is 12.7. The number of hydrogen-bond acceptors (Lipinski definition) is 3. The van der Waals surface area contributed by atoms with E-state index < -0.39 is 10.0 Å². The average molecular weight is 317 g/mol. The summed E-state index contributed by atoms with van der Waals surface area (Å²) in [5.41, 5.74) is 6.35. The van der Waals surface area contributed by atoms with Gasteiger partial charge in [0.25, 0.3) is 0 Å². The number of nitrogens with two attached hydrogens (primary N) is 1. The van der Waals surface area contributed by atoms with Crippen LogP contribution in [0.1, 0.15) is 37.7 Å². The van der Waals surface area contributed by atoms with E-state index in [2.05, 4.69) is 0 Å². The Hall–Kier alpha value is -0.620. The molecule has 1 fully saturated rings. The lowest BCUT2D eigenvalue weighted by molar-refractivity contribution is 0.286. The van der Waals surface area contributed by atoms with Gasteiger partial charge in [-0.15, -0.1) is 0 Å². The summed E-state index contributed by atoms with van der Waals surface area (Å²) < 4.78 is 26.9. The number of hydrogen-bond donors (Lipinski definition) is 1. The number of rotatable bonds is 4. The Morgan fingerprint density at radius 2 is 1.95 bits per heavy atom. The Labute approximate surface area is 126 Å². The van der Waals surface area contributed by atoms with Crippen LogP contribution in [0.25, 0.3) is 0 Å². The molecule has 1 aliphatic rings. The summed E-state index contributed by atoms with van der Waals surface area (Å²) in [6.07, 6.45) is 5.20. The van der Waals surface area contributed by atoms with Crippen molar-refractivity contribution < 1.29 is 8.42 Å². The van der Waals surface area contributed by atoms with Crippen LogP contribution in [-0.4, -0.2) is 25.8 Å². The Balaban J connectivity index is 2.33. The SMILES string of the molecule is CN(C1CCCCC1)S(=O)(=O)c1cc(CN)ccc1Cl. The van der Waals surface area contributed by atoms with Crippen LogP contribution in [0, 0.1) is 0 Å². The Morgan fingerprint density at radius 1 is 1.30 bits per heavy atom. The van der Waals surface area contributed by atoms with Gasteiger partial charge in [0.05, 0.1) is 5.02 Å². The third-order valence-corrected chi connectivity index (χ3v) is 6.37. The highest BCUT2D eigenvalue weighted by Crippen LogP contribution is 2.30. The molecule has 1 saturated carbocycles. The standard InChI is InChI=1S/C14H21ClN2O2S/c1-17(12-5-3-2-4-6-12)20(18,19)14-9-11(10-16)7-8-13(14)15/h7-9,12H,2-6,10,16H2,1H3.